The van der Waals surface area contributed by atoms with Crippen LogP contribution in [0, 0.1) is 0 Å². The van der Waals surface area contributed by atoms with Crippen LogP contribution in [0.3, 0.4) is 0 Å². The summed E-state index contributed by atoms with van der Waals surface area (Å²) < 4.78 is 10.9. The predicted molar refractivity (Wildman–Crippen MR) is 141 cm³/mol. The SMILES string of the molecule is CCNC(=NCCN1CCc2cc(OC)c(OC)cc2C1)NCCc1ccc(Cl)nc1.I. The summed E-state index contributed by atoms with van der Waals surface area (Å²) in [6.45, 7) is 7.25. The molecule has 2 heterocycles. The molecule has 1 aliphatic rings. The number of benzene rings is 1. The molecule has 0 unspecified atom stereocenters. The number of pyridine rings is 1. The molecule has 2 aromatic rings. The van der Waals surface area contributed by atoms with E-state index in [2.05, 4.69) is 39.6 Å². The quantitative estimate of drug-likeness (QED) is 0.207. The van der Waals surface area contributed by atoms with Crippen molar-refractivity contribution in [3.8, 4) is 11.5 Å². The van der Waals surface area contributed by atoms with Crippen molar-refractivity contribution in [2.75, 3.05) is 46.9 Å². The van der Waals surface area contributed by atoms with Crippen molar-refractivity contribution in [1.82, 2.24) is 20.5 Å². The number of fused-ring (bicyclic) bond motifs is 1. The zero-order valence-corrected chi connectivity index (χ0v) is 22.1. The normalized spacial score (nSPS) is 13.7. The Bertz CT molecular complexity index is 879. The van der Waals surface area contributed by atoms with Crippen LogP contribution >= 0.6 is 35.6 Å². The largest absolute Gasteiger partial charge is 0.493 e. The highest BCUT2D eigenvalue weighted by molar-refractivity contribution is 14.0. The van der Waals surface area contributed by atoms with Gasteiger partial charge in [-0.1, -0.05) is 17.7 Å². The minimum atomic E-state index is 0. The van der Waals surface area contributed by atoms with Gasteiger partial charge in [-0.25, -0.2) is 4.98 Å². The van der Waals surface area contributed by atoms with Gasteiger partial charge in [-0.05, 0) is 54.7 Å². The van der Waals surface area contributed by atoms with Crippen LogP contribution < -0.4 is 20.1 Å². The number of hydrogen-bond donors (Lipinski definition) is 2. The number of nitrogens with zero attached hydrogens (tertiary/aromatic N) is 3. The van der Waals surface area contributed by atoms with Crippen LogP contribution in [0.1, 0.15) is 23.6 Å². The summed E-state index contributed by atoms with van der Waals surface area (Å²) in [7, 11) is 3.36. The van der Waals surface area contributed by atoms with Gasteiger partial charge in [0.1, 0.15) is 5.15 Å². The number of ether oxygens (including phenoxy) is 2. The summed E-state index contributed by atoms with van der Waals surface area (Å²) in [4.78, 5) is 11.3. The fraction of sp³-hybridized carbons (Fsp3) is 0.478. The molecule has 0 fully saturated rings. The van der Waals surface area contributed by atoms with Crippen LogP contribution in [0.5, 0.6) is 11.5 Å². The first kappa shape index (κ1) is 26.5. The van der Waals surface area contributed by atoms with E-state index in [-0.39, 0.29) is 24.0 Å². The van der Waals surface area contributed by atoms with Crippen molar-refractivity contribution in [2.45, 2.75) is 26.3 Å². The second-order valence-corrected chi connectivity index (χ2v) is 7.82. The summed E-state index contributed by atoms with van der Waals surface area (Å²) in [5.41, 5.74) is 3.78. The fourth-order valence-electron chi connectivity index (χ4n) is 3.66. The molecule has 176 valence electrons. The number of aliphatic imine (C=N–C) groups is 1. The Kier molecular flexibility index (Phi) is 11.3. The van der Waals surface area contributed by atoms with Crippen LogP contribution in [0.25, 0.3) is 0 Å². The first-order valence-corrected chi connectivity index (χ1v) is 11.1. The number of aromatic nitrogens is 1. The lowest BCUT2D eigenvalue weighted by Crippen LogP contribution is -2.39. The minimum Gasteiger partial charge on any atom is -0.493 e. The van der Waals surface area contributed by atoms with Crippen molar-refractivity contribution in [3.05, 3.63) is 52.3 Å². The topological polar surface area (TPSA) is 71.0 Å². The average molecular weight is 574 g/mol. The molecule has 1 aromatic heterocycles. The molecule has 1 aromatic carbocycles. The number of halogens is 2. The highest BCUT2D eigenvalue weighted by Gasteiger charge is 2.19. The highest BCUT2D eigenvalue weighted by atomic mass is 127. The van der Waals surface area contributed by atoms with E-state index in [1.54, 1.807) is 14.2 Å². The summed E-state index contributed by atoms with van der Waals surface area (Å²) in [5, 5.41) is 7.22. The molecule has 0 spiro atoms. The number of nitrogens with one attached hydrogen (secondary N) is 2. The molecule has 0 radical (unpaired) electrons. The van der Waals surface area contributed by atoms with Gasteiger partial charge < -0.3 is 20.1 Å². The lowest BCUT2D eigenvalue weighted by atomic mass is 9.99. The highest BCUT2D eigenvalue weighted by Crippen LogP contribution is 2.33. The smallest absolute Gasteiger partial charge is 0.191 e. The summed E-state index contributed by atoms with van der Waals surface area (Å²) in [5.74, 6) is 2.43. The first-order valence-electron chi connectivity index (χ1n) is 10.7. The van der Waals surface area contributed by atoms with Gasteiger partial charge >= 0.3 is 0 Å². The number of rotatable bonds is 9. The molecule has 0 bridgehead atoms. The first-order chi connectivity index (χ1) is 15.1. The van der Waals surface area contributed by atoms with Gasteiger partial charge in [0, 0.05) is 38.9 Å². The van der Waals surface area contributed by atoms with Gasteiger partial charge in [-0.15, -0.1) is 24.0 Å². The molecule has 32 heavy (non-hydrogen) atoms. The van der Waals surface area contributed by atoms with Crippen LogP contribution in [0.4, 0.5) is 0 Å². The van der Waals surface area contributed by atoms with E-state index in [0.29, 0.717) is 5.15 Å². The number of guanidine groups is 1. The zero-order chi connectivity index (χ0) is 22.1. The van der Waals surface area contributed by atoms with E-state index in [0.717, 1.165) is 75.1 Å². The van der Waals surface area contributed by atoms with Gasteiger partial charge in [-0.2, -0.15) is 0 Å². The Hall–Kier alpha value is -1.78. The van der Waals surface area contributed by atoms with Gasteiger partial charge in [0.2, 0.25) is 0 Å². The summed E-state index contributed by atoms with van der Waals surface area (Å²) in [6.07, 6.45) is 3.68. The lowest BCUT2D eigenvalue weighted by Gasteiger charge is -2.29. The number of methoxy groups -OCH3 is 2. The van der Waals surface area contributed by atoms with Crippen molar-refractivity contribution in [3.63, 3.8) is 0 Å². The van der Waals surface area contributed by atoms with Crippen molar-refractivity contribution < 1.29 is 9.47 Å². The second-order valence-electron chi connectivity index (χ2n) is 7.43. The zero-order valence-electron chi connectivity index (χ0n) is 19.0. The second kappa shape index (κ2) is 13.7. The molecular weight excluding hydrogens is 541 g/mol. The Labute approximate surface area is 213 Å². The fourth-order valence-corrected chi connectivity index (χ4v) is 3.77. The Balaban J connectivity index is 0.00000363. The predicted octanol–water partition coefficient (Wildman–Crippen LogP) is 3.53. The third kappa shape index (κ3) is 7.67. The molecule has 9 heteroatoms. The van der Waals surface area contributed by atoms with Crippen LogP contribution in [-0.4, -0.2) is 62.8 Å². The van der Waals surface area contributed by atoms with E-state index in [9.17, 15) is 0 Å². The monoisotopic (exact) mass is 573 g/mol. The van der Waals surface area contributed by atoms with E-state index < -0.39 is 0 Å². The molecule has 1 aliphatic heterocycles. The molecular formula is C23H33ClIN5O2. The van der Waals surface area contributed by atoms with Gasteiger partial charge in [0.15, 0.2) is 17.5 Å². The molecule has 0 saturated carbocycles. The van der Waals surface area contributed by atoms with Gasteiger partial charge in [0.05, 0.1) is 20.8 Å². The molecule has 0 saturated heterocycles. The van der Waals surface area contributed by atoms with E-state index in [1.807, 2.05) is 18.3 Å². The molecule has 0 amide bonds. The van der Waals surface area contributed by atoms with Crippen molar-refractivity contribution in [2.24, 2.45) is 4.99 Å². The van der Waals surface area contributed by atoms with Gasteiger partial charge in [0.25, 0.3) is 0 Å². The van der Waals surface area contributed by atoms with E-state index >= 15 is 0 Å². The van der Waals surface area contributed by atoms with E-state index in [4.69, 9.17) is 26.1 Å². The maximum Gasteiger partial charge on any atom is 0.191 e. The van der Waals surface area contributed by atoms with Crippen molar-refractivity contribution >= 4 is 41.5 Å². The average Bonchev–Trinajstić information content (AvgIpc) is 2.79. The third-order valence-electron chi connectivity index (χ3n) is 5.32. The molecule has 7 nitrogen and oxygen atoms in total. The summed E-state index contributed by atoms with van der Waals surface area (Å²) >= 11 is 5.84. The van der Waals surface area contributed by atoms with Crippen molar-refractivity contribution in [1.29, 1.82) is 0 Å². The van der Waals surface area contributed by atoms with Crippen LogP contribution in [0.2, 0.25) is 5.15 Å². The standard InChI is InChI=1S/C23H32ClN5O2.HI/c1-4-25-23(26-9-7-17-5-6-22(24)28-15-17)27-10-12-29-11-8-18-13-20(30-2)21(31-3)14-19(18)16-29;/h5-6,13-15H,4,7-12,16H2,1-3H3,(H2,25,26,27);1H. The Morgan fingerprint density at radius 3 is 2.56 bits per heavy atom. The molecule has 0 aliphatic carbocycles. The summed E-state index contributed by atoms with van der Waals surface area (Å²) in [6, 6.07) is 8.02. The van der Waals surface area contributed by atoms with E-state index in [1.165, 1.54) is 11.1 Å². The van der Waals surface area contributed by atoms with Crippen LogP contribution in [0.15, 0.2) is 35.5 Å². The third-order valence-corrected chi connectivity index (χ3v) is 5.55. The maximum absolute atomic E-state index is 5.84. The number of hydrogen-bond acceptors (Lipinski definition) is 5. The molecule has 3 rings (SSSR count). The Morgan fingerprint density at radius 1 is 1.16 bits per heavy atom. The van der Waals surface area contributed by atoms with Gasteiger partial charge in [-0.3, -0.25) is 9.89 Å². The molecule has 0 atom stereocenters. The lowest BCUT2D eigenvalue weighted by molar-refractivity contribution is 0.260. The van der Waals surface area contributed by atoms with Crippen LogP contribution in [-0.2, 0) is 19.4 Å². The maximum atomic E-state index is 5.84. The minimum absolute atomic E-state index is 0. The molecule has 2 N–H and O–H groups in total. The Morgan fingerprint density at radius 2 is 1.91 bits per heavy atom.